The van der Waals surface area contributed by atoms with Crippen LogP contribution in [0.25, 0.3) is 5.31 Å². The van der Waals surface area contributed by atoms with Crippen molar-refractivity contribution in [1.82, 2.24) is 5.32 Å². The van der Waals surface area contributed by atoms with Gasteiger partial charge in [-0.3, -0.25) is 4.79 Å². The highest BCUT2D eigenvalue weighted by Crippen LogP contribution is 2.67. The van der Waals surface area contributed by atoms with Gasteiger partial charge in [-0.2, -0.15) is 0 Å². The van der Waals surface area contributed by atoms with Crippen molar-refractivity contribution >= 4 is 40.4 Å². The van der Waals surface area contributed by atoms with E-state index in [0.29, 0.717) is 10.9 Å². The van der Waals surface area contributed by atoms with Crippen LogP contribution in [0.1, 0.15) is 15.9 Å². The van der Waals surface area contributed by atoms with Gasteiger partial charge in [0.25, 0.3) is 5.91 Å². The minimum atomic E-state index is -2.79. The molecule has 1 N–H and O–H groups in total. The lowest BCUT2D eigenvalue weighted by atomic mass is 10.1. The van der Waals surface area contributed by atoms with E-state index < -0.39 is 13.2 Å². The average Bonchev–Trinajstić information content (AvgIpc) is 3.04. The first-order valence-electron chi connectivity index (χ1n) is 13.0. The number of nitrogens with one attached hydrogen (secondary N) is 1. The first-order valence-corrected chi connectivity index (χ1v) is 14.8. The van der Waals surface area contributed by atoms with Crippen molar-refractivity contribution in [2.24, 2.45) is 0 Å². The summed E-state index contributed by atoms with van der Waals surface area (Å²) in [7, 11) is -1.45. The lowest BCUT2D eigenvalue weighted by Crippen LogP contribution is -2.36. The maximum Gasteiger partial charge on any atom is 0.358 e. The van der Waals surface area contributed by atoms with Gasteiger partial charge >= 0.3 is 5.97 Å². The second kappa shape index (κ2) is 12.4. The molecule has 0 saturated carbocycles. The van der Waals surface area contributed by atoms with Gasteiger partial charge < -0.3 is 10.1 Å². The number of benzene rings is 5. The maximum absolute atomic E-state index is 13.8. The van der Waals surface area contributed by atoms with Crippen LogP contribution in [0.2, 0.25) is 0 Å². The summed E-state index contributed by atoms with van der Waals surface area (Å²) in [6.45, 7) is 0. The zero-order valence-electron chi connectivity index (χ0n) is 22.1. The fourth-order valence-electron chi connectivity index (χ4n) is 4.98. The molecule has 0 atom stereocenters. The Morgan fingerprint density at radius 1 is 0.525 bits per heavy atom. The lowest BCUT2D eigenvalue weighted by Gasteiger charge is -2.31. The van der Waals surface area contributed by atoms with E-state index in [0.717, 1.165) is 21.5 Å². The molecule has 0 saturated heterocycles. The largest absolute Gasteiger partial charge is 0.464 e. The Morgan fingerprint density at radius 3 is 1.25 bits per heavy atom. The molecule has 5 heteroatoms. The van der Waals surface area contributed by atoms with Crippen LogP contribution >= 0.6 is 7.26 Å². The van der Waals surface area contributed by atoms with Gasteiger partial charge in [0.05, 0.1) is 7.11 Å². The molecule has 5 aromatic rings. The van der Waals surface area contributed by atoms with Gasteiger partial charge in [0.2, 0.25) is 0 Å². The fourth-order valence-corrected chi connectivity index (χ4v) is 9.52. The van der Waals surface area contributed by atoms with E-state index in [1.807, 2.05) is 91.0 Å². The third-order valence-electron chi connectivity index (χ3n) is 6.71. The Balaban J connectivity index is 1.96. The Hall–Kier alpha value is -4.79. The first kappa shape index (κ1) is 26.8. The van der Waals surface area contributed by atoms with Crippen LogP contribution in [-0.4, -0.2) is 19.0 Å². The fraction of sp³-hybridized carbons (Fsp3) is 0.0286. The van der Waals surface area contributed by atoms with Crippen LogP contribution in [0.3, 0.4) is 0 Å². The number of hydrogen-bond donors (Lipinski definition) is 1. The minimum absolute atomic E-state index is 0.118. The predicted octanol–water partition coefficient (Wildman–Crippen LogP) is 5.95. The third-order valence-corrected chi connectivity index (χ3v) is 11.1. The normalized spacial score (nSPS) is 11.7. The number of ether oxygens (including phenoxy) is 1. The summed E-state index contributed by atoms with van der Waals surface area (Å²) in [6, 6.07) is 49.3. The highest BCUT2D eigenvalue weighted by molar-refractivity contribution is 8.03. The molecule has 0 spiro atoms. The van der Waals surface area contributed by atoms with E-state index in [-0.39, 0.29) is 11.6 Å². The Morgan fingerprint density at radius 2 is 0.875 bits per heavy atom. The number of hydrogen-bond acceptors (Lipinski definition) is 3. The van der Waals surface area contributed by atoms with E-state index in [9.17, 15) is 9.59 Å². The number of rotatable bonds is 8. The summed E-state index contributed by atoms with van der Waals surface area (Å²) in [5.74, 6) is -1.00. The quantitative estimate of drug-likeness (QED) is 0.150. The van der Waals surface area contributed by atoms with Crippen molar-refractivity contribution in [2.75, 3.05) is 7.11 Å². The SMILES string of the molecule is COC(=O)/C(NC(=O)c1ccccc1)=C(\c1ccccc1)[P+](c1ccccc1)(c1ccccc1)c1ccccc1. The molecular weight excluding hydrogens is 513 g/mol. The van der Waals surface area contributed by atoms with Gasteiger partial charge in [-0.05, 0) is 48.5 Å². The molecule has 196 valence electrons. The molecule has 0 radical (unpaired) electrons. The Bertz CT molecular complexity index is 1510. The van der Waals surface area contributed by atoms with Gasteiger partial charge in [0, 0.05) is 11.1 Å². The Kier molecular flexibility index (Phi) is 8.29. The van der Waals surface area contributed by atoms with Crippen molar-refractivity contribution in [1.29, 1.82) is 0 Å². The van der Waals surface area contributed by atoms with E-state index in [1.54, 1.807) is 24.3 Å². The van der Waals surface area contributed by atoms with Crippen molar-refractivity contribution in [3.63, 3.8) is 0 Å². The third kappa shape index (κ3) is 5.22. The van der Waals surface area contributed by atoms with Gasteiger partial charge in [0.1, 0.15) is 28.5 Å². The summed E-state index contributed by atoms with van der Waals surface area (Å²) >= 11 is 0. The molecule has 1 amide bonds. The second-order valence-electron chi connectivity index (χ2n) is 9.08. The van der Waals surface area contributed by atoms with Crippen LogP contribution in [0, 0.1) is 0 Å². The highest BCUT2D eigenvalue weighted by atomic mass is 31.2. The van der Waals surface area contributed by atoms with E-state index in [2.05, 4.69) is 41.7 Å². The minimum Gasteiger partial charge on any atom is -0.464 e. The van der Waals surface area contributed by atoms with Gasteiger partial charge in [0.15, 0.2) is 5.70 Å². The molecular formula is C35H29NO3P+. The average molecular weight is 543 g/mol. The van der Waals surface area contributed by atoms with Crippen LogP contribution < -0.4 is 21.2 Å². The van der Waals surface area contributed by atoms with Gasteiger partial charge in [-0.1, -0.05) is 103 Å². The van der Waals surface area contributed by atoms with Gasteiger partial charge in [-0.25, -0.2) is 4.79 Å². The smallest absolute Gasteiger partial charge is 0.358 e. The van der Waals surface area contributed by atoms with Crippen molar-refractivity contribution in [2.45, 2.75) is 0 Å². The zero-order valence-corrected chi connectivity index (χ0v) is 23.0. The summed E-state index contributed by atoms with van der Waals surface area (Å²) in [6.07, 6.45) is 0. The van der Waals surface area contributed by atoms with Crippen LogP contribution in [0.15, 0.2) is 157 Å². The number of carbonyl (C=O) groups excluding carboxylic acids is 2. The maximum atomic E-state index is 13.8. The lowest BCUT2D eigenvalue weighted by molar-refractivity contribution is -0.136. The molecule has 0 aliphatic carbocycles. The molecule has 0 fully saturated rings. The number of esters is 1. The second-order valence-corrected chi connectivity index (χ2v) is 12.4. The topological polar surface area (TPSA) is 55.4 Å². The molecule has 4 nitrogen and oxygen atoms in total. The standard InChI is InChI=1S/C35H28NO3P/c1-39-35(38)32(36-34(37)28-19-9-3-10-20-28)33(27-17-7-2-8-18-27)40(29-21-11-4-12-22-29,30-23-13-5-14-24-30)31-25-15-6-16-26-31/h2-26H,1H3/p+1/b33-32-. The summed E-state index contributed by atoms with van der Waals surface area (Å²) in [4.78, 5) is 27.4. The van der Waals surface area contributed by atoms with Crippen molar-refractivity contribution in [3.05, 3.63) is 168 Å². The van der Waals surface area contributed by atoms with Crippen molar-refractivity contribution < 1.29 is 14.3 Å². The monoisotopic (exact) mass is 542 g/mol. The van der Waals surface area contributed by atoms with E-state index in [4.69, 9.17) is 4.74 Å². The molecule has 5 rings (SSSR count). The van der Waals surface area contributed by atoms with Crippen LogP contribution in [0.4, 0.5) is 0 Å². The first-order chi connectivity index (χ1) is 19.7. The molecule has 0 aliphatic rings. The van der Waals surface area contributed by atoms with Crippen LogP contribution in [0.5, 0.6) is 0 Å². The molecule has 0 aromatic heterocycles. The summed E-state index contributed by atoms with van der Waals surface area (Å²) < 4.78 is 5.36. The molecule has 0 bridgehead atoms. The van der Waals surface area contributed by atoms with Crippen LogP contribution in [-0.2, 0) is 9.53 Å². The number of methoxy groups -OCH3 is 1. The zero-order chi connectivity index (χ0) is 27.8. The van der Waals surface area contributed by atoms with E-state index in [1.165, 1.54) is 7.11 Å². The predicted molar refractivity (Wildman–Crippen MR) is 164 cm³/mol. The highest BCUT2D eigenvalue weighted by Gasteiger charge is 2.53. The molecule has 0 unspecified atom stereocenters. The molecule has 0 aliphatic heterocycles. The Labute approximate surface area is 235 Å². The van der Waals surface area contributed by atoms with E-state index >= 15 is 0 Å². The number of amides is 1. The summed E-state index contributed by atoms with van der Waals surface area (Å²) in [5, 5.41) is 6.84. The molecule has 40 heavy (non-hydrogen) atoms. The van der Waals surface area contributed by atoms with Gasteiger partial charge in [-0.15, -0.1) is 0 Å². The molecule has 5 aromatic carbocycles. The summed E-state index contributed by atoms with van der Waals surface area (Å²) in [5.41, 5.74) is 1.38. The van der Waals surface area contributed by atoms with Crippen molar-refractivity contribution in [3.8, 4) is 0 Å². The molecule has 0 heterocycles. The number of carbonyl (C=O) groups is 2.